The number of aromatic nitrogens is 3. The van der Waals surface area contributed by atoms with E-state index in [-0.39, 0.29) is 6.54 Å². The van der Waals surface area contributed by atoms with Gasteiger partial charge in [-0.05, 0) is 35.9 Å². The number of anilines is 1. The van der Waals surface area contributed by atoms with Gasteiger partial charge in [0.15, 0.2) is 0 Å². The second-order valence-corrected chi connectivity index (χ2v) is 5.40. The van der Waals surface area contributed by atoms with Crippen LogP contribution in [0.1, 0.15) is 5.56 Å². The number of carbonyl (C=O) groups excluding carboxylic acids is 2. The van der Waals surface area contributed by atoms with Crippen LogP contribution in [0, 0.1) is 0 Å². The fraction of sp³-hybridized carbons (Fsp3) is 0.111. The van der Waals surface area contributed by atoms with Crippen molar-refractivity contribution in [3.63, 3.8) is 0 Å². The van der Waals surface area contributed by atoms with Gasteiger partial charge in [-0.25, -0.2) is 0 Å². The normalized spacial score (nSPS) is 10.2. The molecule has 1 aromatic heterocycles. The van der Waals surface area contributed by atoms with E-state index in [4.69, 9.17) is 4.74 Å². The molecular weight excluding hydrogens is 334 g/mol. The minimum Gasteiger partial charge on any atom is -0.497 e. The Morgan fingerprint density at radius 1 is 1.04 bits per heavy atom. The number of hydrogen-bond donors (Lipinski definition) is 2. The fourth-order valence-corrected chi connectivity index (χ4v) is 2.27. The maximum absolute atomic E-state index is 12.1. The minimum absolute atomic E-state index is 0.247. The molecule has 0 atom stereocenters. The highest BCUT2D eigenvalue weighted by molar-refractivity contribution is 6.39. The molecule has 3 aromatic rings. The van der Waals surface area contributed by atoms with E-state index < -0.39 is 11.8 Å². The third-order valence-corrected chi connectivity index (χ3v) is 3.64. The molecule has 8 nitrogen and oxygen atoms in total. The third-order valence-electron chi connectivity index (χ3n) is 3.64. The van der Waals surface area contributed by atoms with Crippen molar-refractivity contribution < 1.29 is 14.3 Å². The van der Waals surface area contributed by atoms with Gasteiger partial charge in [-0.15, -0.1) is 10.2 Å². The van der Waals surface area contributed by atoms with Crippen molar-refractivity contribution >= 4 is 17.5 Å². The predicted molar refractivity (Wildman–Crippen MR) is 94.8 cm³/mol. The number of methoxy groups -OCH3 is 1. The maximum atomic E-state index is 12.1. The van der Waals surface area contributed by atoms with Crippen molar-refractivity contribution in [2.24, 2.45) is 0 Å². The van der Waals surface area contributed by atoms with Gasteiger partial charge in [0, 0.05) is 12.2 Å². The lowest BCUT2D eigenvalue weighted by molar-refractivity contribution is -0.136. The summed E-state index contributed by atoms with van der Waals surface area (Å²) in [6.45, 7) is 0.247. The Balaban J connectivity index is 1.57. The van der Waals surface area contributed by atoms with Crippen LogP contribution in [-0.4, -0.2) is 33.7 Å². The van der Waals surface area contributed by atoms with Gasteiger partial charge in [0.25, 0.3) is 0 Å². The summed E-state index contributed by atoms with van der Waals surface area (Å²) in [7, 11) is 1.58. The monoisotopic (exact) mass is 351 g/mol. The summed E-state index contributed by atoms with van der Waals surface area (Å²) < 4.78 is 6.77. The summed E-state index contributed by atoms with van der Waals surface area (Å²) in [5, 5.41) is 12.6. The molecule has 26 heavy (non-hydrogen) atoms. The highest BCUT2D eigenvalue weighted by atomic mass is 16.5. The molecule has 0 radical (unpaired) electrons. The predicted octanol–water partition coefficient (Wildman–Crippen LogP) is 1.53. The van der Waals surface area contributed by atoms with Gasteiger partial charge in [0.05, 0.1) is 12.8 Å². The van der Waals surface area contributed by atoms with Crippen molar-refractivity contribution in [1.29, 1.82) is 0 Å². The number of ether oxygens (including phenoxy) is 1. The lowest BCUT2D eigenvalue weighted by atomic mass is 10.2. The van der Waals surface area contributed by atoms with Gasteiger partial charge >= 0.3 is 11.8 Å². The lowest BCUT2D eigenvalue weighted by Crippen LogP contribution is -2.34. The molecule has 0 aliphatic heterocycles. The van der Waals surface area contributed by atoms with Gasteiger partial charge in [-0.3, -0.25) is 14.2 Å². The quantitative estimate of drug-likeness (QED) is 0.679. The first kappa shape index (κ1) is 17.2. The van der Waals surface area contributed by atoms with E-state index in [1.807, 2.05) is 18.2 Å². The highest BCUT2D eigenvalue weighted by Crippen LogP contribution is 2.14. The molecule has 0 saturated carbocycles. The van der Waals surface area contributed by atoms with Crippen LogP contribution in [-0.2, 0) is 16.1 Å². The number of carbonyl (C=O) groups is 2. The fourth-order valence-electron chi connectivity index (χ4n) is 2.27. The van der Waals surface area contributed by atoms with Crippen LogP contribution in [0.15, 0.2) is 61.2 Å². The first-order chi connectivity index (χ1) is 12.7. The first-order valence-electron chi connectivity index (χ1n) is 7.83. The number of hydrogen-bond acceptors (Lipinski definition) is 5. The zero-order valence-electron chi connectivity index (χ0n) is 14.0. The molecule has 3 rings (SSSR count). The third kappa shape index (κ3) is 4.23. The van der Waals surface area contributed by atoms with Crippen LogP contribution >= 0.6 is 0 Å². The maximum Gasteiger partial charge on any atom is 0.313 e. The van der Waals surface area contributed by atoms with Gasteiger partial charge < -0.3 is 15.4 Å². The number of rotatable bonds is 5. The molecule has 0 saturated heterocycles. The van der Waals surface area contributed by atoms with Crippen LogP contribution < -0.4 is 15.4 Å². The standard InChI is InChI=1S/C18H17N5O3/c1-26-16-7-5-13(6-8-16)10-19-17(24)18(25)22-14-3-2-4-15(9-14)23-11-20-21-12-23/h2-9,11-12H,10H2,1H3,(H,19,24)(H,22,25). The average molecular weight is 351 g/mol. The Bertz CT molecular complexity index is 891. The Morgan fingerprint density at radius 2 is 1.77 bits per heavy atom. The Morgan fingerprint density at radius 3 is 2.46 bits per heavy atom. The van der Waals surface area contributed by atoms with Gasteiger partial charge in [-0.1, -0.05) is 18.2 Å². The number of benzene rings is 2. The van der Waals surface area contributed by atoms with E-state index in [9.17, 15) is 9.59 Å². The summed E-state index contributed by atoms with van der Waals surface area (Å²) in [5.41, 5.74) is 2.13. The van der Waals surface area contributed by atoms with Crippen molar-refractivity contribution in [3.05, 3.63) is 66.7 Å². The topological polar surface area (TPSA) is 98.1 Å². The molecule has 0 aliphatic carbocycles. The molecule has 2 N–H and O–H groups in total. The van der Waals surface area contributed by atoms with E-state index in [1.165, 1.54) is 0 Å². The molecule has 0 spiro atoms. The Labute approximate surface area is 149 Å². The number of nitrogens with one attached hydrogen (secondary N) is 2. The van der Waals surface area contributed by atoms with Crippen LogP contribution in [0.2, 0.25) is 0 Å². The first-order valence-corrected chi connectivity index (χ1v) is 7.83. The van der Waals surface area contributed by atoms with Crippen LogP contribution in [0.25, 0.3) is 5.69 Å². The smallest absolute Gasteiger partial charge is 0.313 e. The van der Waals surface area contributed by atoms with Crippen LogP contribution in [0.3, 0.4) is 0 Å². The molecule has 2 amide bonds. The molecular formula is C18H17N5O3. The number of amides is 2. The van der Waals surface area contributed by atoms with Gasteiger partial charge in [0.1, 0.15) is 18.4 Å². The van der Waals surface area contributed by atoms with E-state index in [1.54, 1.807) is 54.7 Å². The van der Waals surface area contributed by atoms with E-state index in [0.29, 0.717) is 5.69 Å². The Kier molecular flexibility index (Phi) is 5.23. The molecule has 2 aromatic carbocycles. The zero-order valence-corrected chi connectivity index (χ0v) is 14.0. The van der Waals surface area contributed by atoms with Crippen molar-refractivity contribution in [3.8, 4) is 11.4 Å². The second-order valence-electron chi connectivity index (χ2n) is 5.40. The Hall–Kier alpha value is -3.68. The van der Waals surface area contributed by atoms with Gasteiger partial charge in [0.2, 0.25) is 0 Å². The molecule has 8 heteroatoms. The zero-order chi connectivity index (χ0) is 18.4. The summed E-state index contributed by atoms with van der Waals surface area (Å²) in [6.07, 6.45) is 3.09. The lowest BCUT2D eigenvalue weighted by Gasteiger charge is -2.08. The summed E-state index contributed by atoms with van der Waals surface area (Å²) in [6, 6.07) is 14.2. The summed E-state index contributed by atoms with van der Waals surface area (Å²) in [5.74, 6) is -0.722. The SMILES string of the molecule is COc1ccc(CNC(=O)C(=O)Nc2cccc(-n3cnnc3)c2)cc1. The molecule has 0 fully saturated rings. The largest absolute Gasteiger partial charge is 0.497 e. The van der Waals surface area contributed by atoms with Crippen molar-refractivity contribution in [2.45, 2.75) is 6.54 Å². The average Bonchev–Trinajstić information content (AvgIpc) is 3.21. The molecule has 132 valence electrons. The second kappa shape index (κ2) is 7.93. The summed E-state index contributed by atoms with van der Waals surface area (Å²) >= 11 is 0. The van der Waals surface area contributed by atoms with Gasteiger partial charge in [-0.2, -0.15) is 0 Å². The number of nitrogens with zero attached hydrogens (tertiary/aromatic N) is 3. The van der Waals surface area contributed by atoms with E-state index in [0.717, 1.165) is 17.0 Å². The van der Waals surface area contributed by atoms with E-state index in [2.05, 4.69) is 20.8 Å². The highest BCUT2D eigenvalue weighted by Gasteiger charge is 2.13. The summed E-state index contributed by atoms with van der Waals surface area (Å²) in [4.78, 5) is 24.0. The van der Waals surface area contributed by atoms with Crippen LogP contribution in [0.5, 0.6) is 5.75 Å². The molecule has 1 heterocycles. The molecule has 0 unspecified atom stereocenters. The molecule has 0 aliphatic rings. The van der Waals surface area contributed by atoms with Crippen molar-refractivity contribution in [2.75, 3.05) is 12.4 Å². The molecule has 0 bridgehead atoms. The van der Waals surface area contributed by atoms with E-state index >= 15 is 0 Å². The van der Waals surface area contributed by atoms with Crippen LogP contribution in [0.4, 0.5) is 5.69 Å². The van der Waals surface area contributed by atoms with Crippen molar-refractivity contribution in [1.82, 2.24) is 20.1 Å². The minimum atomic E-state index is -0.737.